The second-order valence-corrected chi connectivity index (χ2v) is 7.80. The number of fused-ring (bicyclic) bond motifs is 1. The van der Waals surface area contributed by atoms with E-state index in [-0.39, 0.29) is 23.5 Å². The van der Waals surface area contributed by atoms with Crippen LogP contribution < -0.4 is 5.32 Å². The zero-order valence-corrected chi connectivity index (χ0v) is 14.4. The van der Waals surface area contributed by atoms with E-state index in [2.05, 4.69) is 56.4 Å². The maximum Gasteiger partial charge on any atom is 0.0809 e. The number of thiophene rings is 1. The topological polar surface area (TPSA) is 45.1 Å². The van der Waals surface area contributed by atoms with Crippen molar-refractivity contribution in [2.45, 2.75) is 46.8 Å². The lowest BCUT2D eigenvalue weighted by atomic mass is 9.80. The smallest absolute Gasteiger partial charge is 0.0809 e. The number of nitrogens with one attached hydrogen (secondary N) is 1. The van der Waals surface area contributed by atoms with Crippen LogP contribution in [0.15, 0.2) is 23.7 Å². The average Bonchev–Trinajstić information content (AvgIpc) is 2.91. The lowest BCUT2D eigenvalue weighted by molar-refractivity contribution is 0.0123. The van der Waals surface area contributed by atoms with E-state index in [1.54, 1.807) is 11.3 Å². The third kappa shape index (κ3) is 3.82. The largest absolute Gasteiger partial charge is 0.392 e. The molecule has 0 radical (unpaired) electrons. The Kier molecular flexibility index (Phi) is 5.02. The highest BCUT2D eigenvalue weighted by atomic mass is 32.1. The fourth-order valence-electron chi connectivity index (χ4n) is 2.64. The highest BCUT2D eigenvalue weighted by Crippen LogP contribution is 2.27. The summed E-state index contributed by atoms with van der Waals surface area (Å²) in [4.78, 5) is 4.49. The summed E-state index contributed by atoms with van der Waals surface area (Å²) in [6.45, 7) is 11.3. The van der Waals surface area contributed by atoms with Gasteiger partial charge in [-0.1, -0.05) is 27.7 Å². The summed E-state index contributed by atoms with van der Waals surface area (Å²) in [5, 5.41) is 15.9. The van der Waals surface area contributed by atoms with Gasteiger partial charge in [-0.15, -0.1) is 11.3 Å². The molecule has 0 aliphatic rings. The minimum absolute atomic E-state index is 0.150. The van der Waals surface area contributed by atoms with Crippen LogP contribution in [0.25, 0.3) is 10.2 Å². The Labute approximate surface area is 131 Å². The highest BCUT2D eigenvalue weighted by molar-refractivity contribution is 7.17. The molecule has 2 atom stereocenters. The molecule has 3 nitrogen and oxygen atoms in total. The van der Waals surface area contributed by atoms with Gasteiger partial charge in [-0.25, -0.2) is 0 Å². The third-order valence-corrected chi connectivity index (χ3v) is 4.97. The summed E-state index contributed by atoms with van der Waals surface area (Å²) in [5.74, 6) is 0.265. The van der Waals surface area contributed by atoms with Gasteiger partial charge in [0.25, 0.3) is 0 Å². The predicted molar refractivity (Wildman–Crippen MR) is 90.7 cm³/mol. The SMILES string of the molecule is CC(NCC(C)(C)C(O)C(C)C)c1cnc2ccsc2c1. The Morgan fingerprint density at radius 2 is 2.05 bits per heavy atom. The third-order valence-electron chi connectivity index (χ3n) is 4.12. The van der Waals surface area contributed by atoms with Crippen molar-refractivity contribution in [2.24, 2.45) is 11.3 Å². The van der Waals surface area contributed by atoms with E-state index in [0.717, 1.165) is 12.1 Å². The minimum atomic E-state index is -0.310. The van der Waals surface area contributed by atoms with Gasteiger partial charge in [0.1, 0.15) is 0 Å². The molecule has 2 aromatic heterocycles. The number of nitrogens with zero attached hydrogens (tertiary/aromatic N) is 1. The van der Waals surface area contributed by atoms with Crippen LogP contribution in [0, 0.1) is 11.3 Å². The van der Waals surface area contributed by atoms with Gasteiger partial charge in [-0.2, -0.15) is 0 Å². The summed E-state index contributed by atoms with van der Waals surface area (Å²) in [6, 6.07) is 4.48. The van der Waals surface area contributed by atoms with Crippen molar-refractivity contribution in [1.29, 1.82) is 0 Å². The van der Waals surface area contributed by atoms with Crippen LogP contribution in [-0.4, -0.2) is 22.7 Å². The van der Waals surface area contributed by atoms with Gasteiger partial charge >= 0.3 is 0 Å². The Morgan fingerprint density at radius 3 is 2.71 bits per heavy atom. The van der Waals surface area contributed by atoms with E-state index in [0.29, 0.717) is 0 Å². The highest BCUT2D eigenvalue weighted by Gasteiger charge is 2.30. The van der Waals surface area contributed by atoms with Gasteiger partial charge in [0.05, 0.1) is 16.3 Å². The van der Waals surface area contributed by atoms with E-state index >= 15 is 0 Å². The molecule has 2 unspecified atom stereocenters. The van der Waals surface area contributed by atoms with Gasteiger partial charge in [0.15, 0.2) is 0 Å². The zero-order chi connectivity index (χ0) is 15.6. The van der Waals surface area contributed by atoms with E-state index in [9.17, 15) is 5.11 Å². The average molecular weight is 306 g/mol. The molecule has 2 heterocycles. The monoisotopic (exact) mass is 306 g/mol. The number of aliphatic hydroxyl groups excluding tert-OH is 1. The first kappa shape index (κ1) is 16.4. The van der Waals surface area contributed by atoms with Crippen molar-refractivity contribution in [3.63, 3.8) is 0 Å². The molecule has 0 aliphatic carbocycles. The van der Waals surface area contributed by atoms with Gasteiger partial charge in [0, 0.05) is 24.2 Å². The molecule has 4 heteroatoms. The first-order valence-corrected chi connectivity index (χ1v) is 8.44. The van der Waals surface area contributed by atoms with Gasteiger partial charge in [-0.3, -0.25) is 4.98 Å². The number of hydrogen-bond donors (Lipinski definition) is 2. The Balaban J connectivity index is 2.02. The van der Waals surface area contributed by atoms with Crippen LogP contribution in [0.4, 0.5) is 0 Å². The summed E-state index contributed by atoms with van der Waals surface area (Å²) in [6.07, 6.45) is 1.63. The molecule has 2 rings (SSSR count). The van der Waals surface area contributed by atoms with Gasteiger partial charge < -0.3 is 10.4 Å². The fourth-order valence-corrected chi connectivity index (χ4v) is 3.43. The van der Waals surface area contributed by atoms with E-state index in [1.165, 1.54) is 10.3 Å². The zero-order valence-electron chi connectivity index (χ0n) is 13.6. The van der Waals surface area contributed by atoms with Crippen LogP contribution >= 0.6 is 11.3 Å². The Morgan fingerprint density at radius 1 is 1.33 bits per heavy atom. The summed E-state index contributed by atoms with van der Waals surface area (Å²) in [5.41, 5.74) is 2.11. The molecule has 2 N–H and O–H groups in total. The number of aromatic nitrogens is 1. The van der Waals surface area contributed by atoms with E-state index in [1.807, 2.05) is 12.3 Å². The maximum absolute atomic E-state index is 10.3. The number of hydrogen-bond acceptors (Lipinski definition) is 4. The van der Waals surface area contributed by atoms with Crippen molar-refractivity contribution >= 4 is 21.6 Å². The van der Waals surface area contributed by atoms with E-state index < -0.39 is 0 Å². The number of rotatable bonds is 6. The van der Waals surface area contributed by atoms with Crippen molar-refractivity contribution < 1.29 is 5.11 Å². The standard InChI is InChI=1S/C17H26N2OS/c1-11(2)16(20)17(4,5)10-19-12(3)13-8-15-14(18-9-13)6-7-21-15/h6-9,11-12,16,19-20H,10H2,1-5H3. The van der Waals surface area contributed by atoms with Crippen LogP contribution in [0.5, 0.6) is 0 Å². The van der Waals surface area contributed by atoms with Gasteiger partial charge in [0.2, 0.25) is 0 Å². The van der Waals surface area contributed by atoms with Crippen LogP contribution in [0.1, 0.15) is 46.2 Å². The van der Waals surface area contributed by atoms with Crippen molar-refractivity contribution in [1.82, 2.24) is 10.3 Å². The lowest BCUT2D eigenvalue weighted by Gasteiger charge is -2.34. The molecule has 0 fully saturated rings. The summed E-state index contributed by atoms with van der Waals surface area (Å²) >= 11 is 1.72. The second kappa shape index (κ2) is 6.42. The van der Waals surface area contributed by atoms with Crippen LogP contribution in [0.3, 0.4) is 0 Å². The molecule has 0 bridgehead atoms. The van der Waals surface area contributed by atoms with Crippen LogP contribution in [-0.2, 0) is 0 Å². The predicted octanol–water partition coefficient (Wildman–Crippen LogP) is 3.99. The van der Waals surface area contributed by atoms with Crippen molar-refractivity contribution in [2.75, 3.05) is 6.54 Å². The molecule has 0 aliphatic heterocycles. The quantitative estimate of drug-likeness (QED) is 0.848. The minimum Gasteiger partial charge on any atom is -0.392 e. The lowest BCUT2D eigenvalue weighted by Crippen LogP contribution is -2.42. The molecular weight excluding hydrogens is 280 g/mol. The first-order chi connectivity index (χ1) is 9.81. The normalized spacial score (nSPS) is 15.6. The molecule has 0 saturated carbocycles. The molecule has 0 amide bonds. The maximum atomic E-state index is 10.3. The molecule has 21 heavy (non-hydrogen) atoms. The fraction of sp³-hybridized carbons (Fsp3) is 0.588. The molecule has 2 aromatic rings. The molecule has 0 aromatic carbocycles. The second-order valence-electron chi connectivity index (χ2n) is 6.85. The summed E-state index contributed by atoms with van der Waals surface area (Å²) in [7, 11) is 0. The first-order valence-electron chi connectivity index (χ1n) is 7.56. The van der Waals surface area contributed by atoms with Crippen molar-refractivity contribution in [3.05, 3.63) is 29.3 Å². The van der Waals surface area contributed by atoms with E-state index in [4.69, 9.17) is 0 Å². The number of aliphatic hydroxyl groups is 1. The van der Waals surface area contributed by atoms with Gasteiger partial charge in [-0.05, 0) is 35.9 Å². The van der Waals surface area contributed by atoms with Crippen LogP contribution in [0.2, 0.25) is 0 Å². The Bertz CT molecular complexity index is 591. The molecule has 116 valence electrons. The molecule has 0 spiro atoms. The molecular formula is C17H26N2OS. The molecule has 0 saturated heterocycles. The number of pyridine rings is 1. The Hall–Kier alpha value is -0.970. The van der Waals surface area contributed by atoms with Crippen molar-refractivity contribution in [3.8, 4) is 0 Å². The summed E-state index contributed by atoms with van der Waals surface area (Å²) < 4.78 is 1.22.